The van der Waals surface area contributed by atoms with Crippen LogP contribution < -0.4 is 5.32 Å². The Kier molecular flexibility index (Phi) is 5.49. The number of rotatable bonds is 5. The van der Waals surface area contributed by atoms with Gasteiger partial charge >= 0.3 is 0 Å². The summed E-state index contributed by atoms with van der Waals surface area (Å²) < 4.78 is 0. The Hall–Kier alpha value is -0.0800. The molecule has 0 aromatic carbocycles. The van der Waals surface area contributed by atoms with Gasteiger partial charge in [-0.1, -0.05) is 12.8 Å². The SMILES string of the molecule is CNCCCC1CCCC(N(C)C)C1. The predicted octanol–water partition coefficient (Wildman–Crippen LogP) is 2.11. The number of hydrogen-bond acceptors (Lipinski definition) is 2. The molecule has 0 aromatic rings. The van der Waals surface area contributed by atoms with Crippen molar-refractivity contribution < 1.29 is 0 Å². The summed E-state index contributed by atoms with van der Waals surface area (Å²) in [6, 6.07) is 0.850. The van der Waals surface area contributed by atoms with Crippen LogP contribution in [0.3, 0.4) is 0 Å². The van der Waals surface area contributed by atoms with Gasteiger partial charge in [0.1, 0.15) is 0 Å². The summed E-state index contributed by atoms with van der Waals surface area (Å²) in [6.07, 6.45) is 8.51. The molecule has 2 atom stereocenters. The van der Waals surface area contributed by atoms with Crippen LogP contribution in [0.4, 0.5) is 0 Å². The summed E-state index contributed by atoms with van der Waals surface area (Å²) in [5, 5.41) is 3.23. The Morgan fingerprint density at radius 2 is 2.07 bits per heavy atom. The van der Waals surface area contributed by atoms with Crippen LogP contribution in [0.5, 0.6) is 0 Å². The molecule has 1 aliphatic rings. The molecule has 2 unspecified atom stereocenters. The van der Waals surface area contributed by atoms with Crippen molar-refractivity contribution in [2.24, 2.45) is 5.92 Å². The molecule has 0 aliphatic heterocycles. The van der Waals surface area contributed by atoms with Gasteiger partial charge in [0.15, 0.2) is 0 Å². The van der Waals surface area contributed by atoms with Crippen molar-refractivity contribution in [2.75, 3.05) is 27.7 Å². The first kappa shape index (κ1) is 12.0. The largest absolute Gasteiger partial charge is 0.320 e. The highest BCUT2D eigenvalue weighted by molar-refractivity contribution is 4.77. The molecule has 0 saturated heterocycles. The van der Waals surface area contributed by atoms with Gasteiger partial charge in [0, 0.05) is 6.04 Å². The summed E-state index contributed by atoms with van der Waals surface area (Å²) in [5.74, 6) is 0.990. The lowest BCUT2D eigenvalue weighted by atomic mass is 9.82. The van der Waals surface area contributed by atoms with Gasteiger partial charge in [-0.2, -0.15) is 0 Å². The van der Waals surface area contributed by atoms with Crippen molar-refractivity contribution >= 4 is 0 Å². The van der Waals surface area contributed by atoms with Gasteiger partial charge in [0.25, 0.3) is 0 Å². The first-order valence-corrected chi connectivity index (χ1v) is 6.05. The first-order chi connectivity index (χ1) is 6.74. The molecular weight excluding hydrogens is 172 g/mol. The van der Waals surface area contributed by atoms with E-state index in [0.29, 0.717) is 0 Å². The molecule has 0 amide bonds. The quantitative estimate of drug-likeness (QED) is 0.681. The average molecular weight is 198 g/mol. The highest BCUT2D eigenvalue weighted by Crippen LogP contribution is 2.29. The van der Waals surface area contributed by atoms with Crippen LogP contribution >= 0.6 is 0 Å². The van der Waals surface area contributed by atoms with E-state index in [1.54, 1.807) is 0 Å². The van der Waals surface area contributed by atoms with Crippen molar-refractivity contribution in [1.82, 2.24) is 10.2 Å². The highest BCUT2D eigenvalue weighted by atomic mass is 15.1. The molecule has 1 aliphatic carbocycles. The average Bonchev–Trinajstić information content (AvgIpc) is 2.19. The zero-order chi connectivity index (χ0) is 10.4. The Morgan fingerprint density at radius 3 is 2.71 bits per heavy atom. The van der Waals surface area contributed by atoms with Gasteiger partial charge < -0.3 is 10.2 Å². The zero-order valence-electron chi connectivity index (χ0n) is 10.1. The van der Waals surface area contributed by atoms with Crippen LogP contribution in [0.1, 0.15) is 38.5 Å². The second-order valence-corrected chi connectivity index (χ2v) is 4.90. The van der Waals surface area contributed by atoms with E-state index in [9.17, 15) is 0 Å². The van der Waals surface area contributed by atoms with Gasteiger partial charge in [0.2, 0.25) is 0 Å². The predicted molar refractivity (Wildman–Crippen MR) is 62.6 cm³/mol. The molecule has 0 bridgehead atoms. The summed E-state index contributed by atoms with van der Waals surface area (Å²) in [6.45, 7) is 1.18. The molecule has 84 valence electrons. The van der Waals surface area contributed by atoms with Crippen LogP contribution in [0.2, 0.25) is 0 Å². The van der Waals surface area contributed by atoms with E-state index in [2.05, 4.69) is 24.3 Å². The highest BCUT2D eigenvalue weighted by Gasteiger charge is 2.22. The third kappa shape index (κ3) is 3.97. The molecule has 2 nitrogen and oxygen atoms in total. The van der Waals surface area contributed by atoms with Crippen LogP contribution in [-0.2, 0) is 0 Å². The lowest BCUT2D eigenvalue weighted by molar-refractivity contribution is 0.179. The molecule has 1 fully saturated rings. The second-order valence-electron chi connectivity index (χ2n) is 4.90. The van der Waals surface area contributed by atoms with Gasteiger partial charge in [-0.3, -0.25) is 0 Å². The van der Waals surface area contributed by atoms with E-state index in [0.717, 1.165) is 12.0 Å². The minimum absolute atomic E-state index is 0.850. The van der Waals surface area contributed by atoms with Crippen molar-refractivity contribution in [1.29, 1.82) is 0 Å². The summed E-state index contributed by atoms with van der Waals surface area (Å²) in [4.78, 5) is 2.41. The lowest BCUT2D eigenvalue weighted by Gasteiger charge is -2.33. The van der Waals surface area contributed by atoms with Crippen LogP contribution in [0.15, 0.2) is 0 Å². The summed E-state index contributed by atoms with van der Waals surface area (Å²) in [7, 11) is 6.49. The number of nitrogens with zero attached hydrogens (tertiary/aromatic N) is 1. The number of nitrogens with one attached hydrogen (secondary N) is 1. The number of hydrogen-bond donors (Lipinski definition) is 1. The minimum Gasteiger partial charge on any atom is -0.320 e. The Bertz CT molecular complexity index is 145. The van der Waals surface area contributed by atoms with Gasteiger partial charge in [-0.25, -0.2) is 0 Å². The normalized spacial score (nSPS) is 28.3. The Morgan fingerprint density at radius 1 is 1.29 bits per heavy atom. The molecule has 1 rings (SSSR count). The third-order valence-electron chi connectivity index (χ3n) is 3.52. The fourth-order valence-corrected chi connectivity index (χ4v) is 2.56. The lowest BCUT2D eigenvalue weighted by Crippen LogP contribution is -2.33. The Labute approximate surface area is 89.1 Å². The fraction of sp³-hybridized carbons (Fsp3) is 1.00. The third-order valence-corrected chi connectivity index (χ3v) is 3.52. The molecule has 14 heavy (non-hydrogen) atoms. The topological polar surface area (TPSA) is 15.3 Å². The van der Waals surface area contributed by atoms with Gasteiger partial charge in [-0.05, 0) is 59.3 Å². The van der Waals surface area contributed by atoms with Crippen LogP contribution in [0.25, 0.3) is 0 Å². The molecule has 0 aromatic heterocycles. The van der Waals surface area contributed by atoms with E-state index >= 15 is 0 Å². The Balaban J connectivity index is 2.19. The standard InChI is InChI=1S/C12H26N2/c1-13-9-5-7-11-6-4-8-12(10-11)14(2)3/h11-13H,4-10H2,1-3H3. The molecular formula is C12H26N2. The minimum atomic E-state index is 0.850. The van der Waals surface area contributed by atoms with Crippen molar-refractivity contribution in [3.63, 3.8) is 0 Å². The van der Waals surface area contributed by atoms with Crippen molar-refractivity contribution in [2.45, 2.75) is 44.6 Å². The molecule has 0 radical (unpaired) electrons. The van der Waals surface area contributed by atoms with Gasteiger partial charge in [0.05, 0.1) is 0 Å². The van der Waals surface area contributed by atoms with Crippen molar-refractivity contribution in [3.05, 3.63) is 0 Å². The summed E-state index contributed by atoms with van der Waals surface area (Å²) in [5.41, 5.74) is 0. The molecule has 2 heteroatoms. The van der Waals surface area contributed by atoms with Crippen molar-refractivity contribution in [3.8, 4) is 0 Å². The smallest absolute Gasteiger partial charge is 0.00918 e. The molecule has 1 N–H and O–H groups in total. The summed E-state index contributed by atoms with van der Waals surface area (Å²) >= 11 is 0. The second kappa shape index (κ2) is 6.41. The van der Waals surface area contributed by atoms with Crippen LogP contribution in [-0.4, -0.2) is 38.6 Å². The fourth-order valence-electron chi connectivity index (χ4n) is 2.56. The maximum Gasteiger partial charge on any atom is 0.00918 e. The molecule has 0 heterocycles. The molecule has 0 spiro atoms. The monoisotopic (exact) mass is 198 g/mol. The van der Waals surface area contributed by atoms with E-state index in [4.69, 9.17) is 0 Å². The maximum atomic E-state index is 3.23. The first-order valence-electron chi connectivity index (χ1n) is 6.05. The van der Waals surface area contributed by atoms with E-state index in [-0.39, 0.29) is 0 Å². The van der Waals surface area contributed by atoms with E-state index in [1.165, 1.54) is 45.1 Å². The van der Waals surface area contributed by atoms with Gasteiger partial charge in [-0.15, -0.1) is 0 Å². The zero-order valence-corrected chi connectivity index (χ0v) is 10.1. The maximum absolute atomic E-state index is 3.23. The van der Waals surface area contributed by atoms with E-state index in [1.807, 2.05) is 7.05 Å². The molecule has 1 saturated carbocycles. The van der Waals surface area contributed by atoms with Crippen LogP contribution in [0, 0.1) is 5.92 Å². The van der Waals surface area contributed by atoms with E-state index < -0.39 is 0 Å².